The predicted molar refractivity (Wildman–Crippen MR) is 178 cm³/mol. The van der Waals surface area contributed by atoms with Gasteiger partial charge in [0.2, 0.25) is 5.91 Å². The Balaban J connectivity index is 1.92. The molecular formula is C33H32Cl2F3N7O2. The van der Waals surface area contributed by atoms with Crippen LogP contribution < -0.4 is 21.5 Å². The molecule has 2 aromatic heterocycles. The molecule has 0 radical (unpaired) electrons. The molecule has 3 aromatic rings. The molecule has 3 N–H and O–H groups in total. The van der Waals surface area contributed by atoms with Crippen LogP contribution in [0.4, 0.5) is 24.5 Å². The average Bonchev–Trinajstić information content (AvgIpc) is 3.02. The van der Waals surface area contributed by atoms with Crippen molar-refractivity contribution in [2.24, 2.45) is 5.92 Å². The van der Waals surface area contributed by atoms with Gasteiger partial charge in [-0.1, -0.05) is 43.6 Å². The minimum atomic E-state index is -1.48. The molecule has 1 amide bonds. The number of halogens is 5. The number of benzene rings is 1. The van der Waals surface area contributed by atoms with Crippen molar-refractivity contribution in [1.82, 2.24) is 19.8 Å². The number of nitrogens with two attached hydrogens (primary N) is 1. The van der Waals surface area contributed by atoms with Crippen LogP contribution >= 0.6 is 23.2 Å². The molecule has 0 aliphatic carbocycles. The summed E-state index contributed by atoms with van der Waals surface area (Å²) in [6.45, 7) is 13.4. The summed E-state index contributed by atoms with van der Waals surface area (Å²) in [6.07, 6.45) is 4.72. The van der Waals surface area contributed by atoms with E-state index in [-0.39, 0.29) is 64.3 Å². The van der Waals surface area contributed by atoms with Crippen LogP contribution in [0, 0.1) is 34.7 Å². The second-order valence-electron chi connectivity index (χ2n) is 12.1. The van der Waals surface area contributed by atoms with Gasteiger partial charge in [-0.15, -0.1) is 0 Å². The smallest absolute Gasteiger partial charge is 0.276 e. The van der Waals surface area contributed by atoms with Gasteiger partial charge in [-0.05, 0) is 56.7 Å². The first kappa shape index (κ1) is 33.9. The number of hydrogen-bond donors (Lipinski definition) is 2. The Morgan fingerprint density at radius 1 is 1.19 bits per heavy atom. The van der Waals surface area contributed by atoms with E-state index in [1.807, 2.05) is 27.7 Å². The SMILES string of the molecule is C=CC(=O)N1[C@H](C)CN(c2c(C#N)c(=O)n(C3=C(C)C=CN[C@@H]3C(C)C)c3nc(-c4c(F)c(N)c(F)c(Cl)c4F)c(Cl)cc23)C[C@@H]1C. The molecule has 246 valence electrons. The molecule has 0 bridgehead atoms. The molecule has 0 spiro atoms. The van der Waals surface area contributed by atoms with Gasteiger partial charge in [0.1, 0.15) is 28.0 Å². The summed E-state index contributed by atoms with van der Waals surface area (Å²) in [5.74, 6) is -4.74. The van der Waals surface area contributed by atoms with Gasteiger partial charge in [0.25, 0.3) is 5.56 Å². The number of hydrogen-bond acceptors (Lipinski definition) is 7. The topological polar surface area (TPSA) is 120 Å². The van der Waals surface area contributed by atoms with Gasteiger partial charge in [-0.2, -0.15) is 5.26 Å². The summed E-state index contributed by atoms with van der Waals surface area (Å²) in [4.78, 5) is 35.2. The lowest BCUT2D eigenvalue weighted by atomic mass is 9.94. The Hall–Kier alpha value is -4.47. The third-order valence-electron chi connectivity index (χ3n) is 8.60. The summed E-state index contributed by atoms with van der Waals surface area (Å²) >= 11 is 12.5. The number of dihydropyridines is 1. The fourth-order valence-electron chi connectivity index (χ4n) is 6.51. The third-order valence-corrected chi connectivity index (χ3v) is 9.22. The third kappa shape index (κ3) is 5.41. The van der Waals surface area contributed by atoms with Gasteiger partial charge in [0.05, 0.1) is 33.7 Å². The molecule has 1 aromatic carbocycles. The lowest BCUT2D eigenvalue weighted by molar-refractivity contribution is -0.130. The highest BCUT2D eigenvalue weighted by molar-refractivity contribution is 6.34. The zero-order valence-corrected chi connectivity index (χ0v) is 27.8. The summed E-state index contributed by atoms with van der Waals surface area (Å²) in [7, 11) is 0. The van der Waals surface area contributed by atoms with E-state index in [2.05, 4.69) is 22.9 Å². The van der Waals surface area contributed by atoms with Crippen LogP contribution in [0.3, 0.4) is 0 Å². The first-order chi connectivity index (χ1) is 22.2. The lowest BCUT2D eigenvalue weighted by Crippen LogP contribution is -2.58. The molecule has 0 unspecified atom stereocenters. The quantitative estimate of drug-likeness (QED) is 0.142. The monoisotopic (exact) mass is 685 g/mol. The standard InChI is InChI=1S/C33H32Cl2F3N7O2/c1-7-21(46)44-16(5)12-43(13-17(44)6)31-18-10-20(34)29(22-24(36)23(35)26(38)27(40)25(22)37)42-32(18)45(33(47)19(31)11-39)30-15(4)8-9-41-28(30)14(2)3/h7-10,14,16-17,28,41H,1,12-13,40H2,2-6H3/t16-,17+,28-/m1/s1. The number of carbonyl (C=O) groups excluding carboxylic acids is 1. The van der Waals surface area contributed by atoms with Crippen molar-refractivity contribution in [3.05, 3.63) is 80.0 Å². The molecule has 4 heterocycles. The summed E-state index contributed by atoms with van der Waals surface area (Å²) in [6, 6.07) is 2.29. The van der Waals surface area contributed by atoms with Gasteiger partial charge in [0, 0.05) is 30.6 Å². The summed E-state index contributed by atoms with van der Waals surface area (Å²) in [5, 5.41) is 12.6. The van der Waals surface area contributed by atoms with Crippen LogP contribution in [0.5, 0.6) is 0 Å². The molecule has 2 aliphatic rings. The molecule has 47 heavy (non-hydrogen) atoms. The molecule has 5 rings (SSSR count). The largest absolute Gasteiger partial charge is 0.394 e. The van der Waals surface area contributed by atoms with Gasteiger partial charge in [-0.3, -0.25) is 14.2 Å². The first-order valence-corrected chi connectivity index (χ1v) is 15.6. The highest BCUT2D eigenvalue weighted by atomic mass is 35.5. The summed E-state index contributed by atoms with van der Waals surface area (Å²) < 4.78 is 46.6. The van der Waals surface area contributed by atoms with Crippen molar-refractivity contribution in [3.63, 3.8) is 0 Å². The van der Waals surface area contributed by atoms with Crippen molar-refractivity contribution in [1.29, 1.82) is 5.26 Å². The molecule has 14 heteroatoms. The number of carbonyl (C=O) groups is 1. The van der Waals surface area contributed by atoms with Crippen LogP contribution in [-0.2, 0) is 4.79 Å². The Bertz CT molecular complexity index is 1980. The number of anilines is 2. The molecule has 2 aliphatic heterocycles. The molecule has 9 nitrogen and oxygen atoms in total. The van der Waals surface area contributed by atoms with Gasteiger partial charge in [0.15, 0.2) is 17.5 Å². The Kier molecular flexibility index (Phi) is 9.10. The number of nitrogen functional groups attached to an aromatic ring is 1. The highest BCUT2D eigenvalue weighted by Gasteiger charge is 2.36. The van der Waals surface area contributed by atoms with E-state index in [4.69, 9.17) is 28.9 Å². The second kappa shape index (κ2) is 12.6. The normalized spacial score (nSPS) is 19.7. The van der Waals surface area contributed by atoms with Crippen molar-refractivity contribution < 1.29 is 18.0 Å². The van der Waals surface area contributed by atoms with E-state index in [1.54, 1.807) is 29.0 Å². The van der Waals surface area contributed by atoms with Crippen molar-refractivity contribution in [3.8, 4) is 17.3 Å². The number of pyridine rings is 2. The van der Waals surface area contributed by atoms with Crippen LogP contribution in [0.25, 0.3) is 28.0 Å². The molecule has 1 fully saturated rings. The number of piperazine rings is 1. The number of nitriles is 1. The highest BCUT2D eigenvalue weighted by Crippen LogP contribution is 2.42. The molecular weight excluding hydrogens is 654 g/mol. The average molecular weight is 687 g/mol. The van der Waals surface area contributed by atoms with E-state index in [0.717, 1.165) is 0 Å². The van der Waals surface area contributed by atoms with Crippen LogP contribution in [-0.4, -0.2) is 51.6 Å². The van der Waals surface area contributed by atoms with Crippen molar-refractivity contribution in [2.75, 3.05) is 23.7 Å². The lowest BCUT2D eigenvalue weighted by Gasteiger charge is -2.45. The Morgan fingerprint density at radius 3 is 2.40 bits per heavy atom. The van der Waals surface area contributed by atoms with E-state index in [0.29, 0.717) is 11.3 Å². The number of nitrogens with zero attached hydrogens (tertiary/aromatic N) is 5. The minimum Gasteiger partial charge on any atom is -0.394 e. The van der Waals surface area contributed by atoms with E-state index < -0.39 is 51.0 Å². The molecule has 0 saturated carbocycles. The zero-order valence-electron chi connectivity index (χ0n) is 26.3. The minimum absolute atomic E-state index is 0.0633. The Labute approximate surface area is 279 Å². The van der Waals surface area contributed by atoms with Crippen LogP contribution in [0.15, 0.2) is 41.4 Å². The Morgan fingerprint density at radius 2 is 1.83 bits per heavy atom. The van der Waals surface area contributed by atoms with Gasteiger partial charge >= 0.3 is 0 Å². The molecule has 3 atom stereocenters. The fraction of sp³-hybridized carbons (Fsp3) is 0.333. The number of amides is 1. The number of rotatable bonds is 5. The maximum absolute atomic E-state index is 15.5. The van der Waals surface area contributed by atoms with Gasteiger partial charge in [-0.25, -0.2) is 18.2 Å². The zero-order chi connectivity index (χ0) is 34.6. The fourth-order valence-corrected chi connectivity index (χ4v) is 6.95. The van der Waals surface area contributed by atoms with Crippen molar-refractivity contribution >= 4 is 57.2 Å². The van der Waals surface area contributed by atoms with E-state index in [1.165, 1.54) is 16.7 Å². The predicted octanol–water partition coefficient (Wildman–Crippen LogP) is 6.23. The second-order valence-corrected chi connectivity index (χ2v) is 12.8. The molecule has 1 saturated heterocycles. The maximum Gasteiger partial charge on any atom is 0.276 e. The van der Waals surface area contributed by atoms with Crippen LogP contribution in [0.2, 0.25) is 10.0 Å². The van der Waals surface area contributed by atoms with E-state index in [9.17, 15) is 19.2 Å². The first-order valence-electron chi connectivity index (χ1n) is 14.8. The van der Waals surface area contributed by atoms with E-state index >= 15 is 8.78 Å². The number of fused-ring (bicyclic) bond motifs is 1. The number of aromatic nitrogens is 2. The number of nitrogens with one attached hydrogen (secondary N) is 1. The van der Waals surface area contributed by atoms with Crippen molar-refractivity contribution in [2.45, 2.75) is 52.7 Å². The summed E-state index contributed by atoms with van der Waals surface area (Å²) in [5.41, 5.74) is 3.53. The maximum atomic E-state index is 15.5. The van der Waals surface area contributed by atoms with Crippen LogP contribution in [0.1, 0.15) is 40.2 Å². The van der Waals surface area contributed by atoms with Gasteiger partial charge < -0.3 is 20.9 Å². The number of allylic oxidation sites excluding steroid dienone is 2.